The van der Waals surface area contributed by atoms with Crippen molar-refractivity contribution in [1.29, 1.82) is 0 Å². The Labute approximate surface area is 141 Å². The van der Waals surface area contributed by atoms with E-state index in [4.69, 9.17) is 4.84 Å². The molecule has 0 unspecified atom stereocenters. The lowest BCUT2D eigenvalue weighted by atomic mass is 9.84. The summed E-state index contributed by atoms with van der Waals surface area (Å²) in [6.07, 6.45) is 5.05. The van der Waals surface area contributed by atoms with Crippen LogP contribution in [0.15, 0.2) is 34.2 Å². The van der Waals surface area contributed by atoms with E-state index in [1.54, 1.807) is 18.2 Å². The Morgan fingerprint density at radius 1 is 1.29 bits per heavy atom. The molecule has 2 N–H and O–H groups in total. The van der Waals surface area contributed by atoms with Gasteiger partial charge in [-0.15, -0.1) is 0 Å². The molecule has 1 aliphatic heterocycles. The molecule has 8 heteroatoms. The van der Waals surface area contributed by atoms with Gasteiger partial charge in [-0.2, -0.15) is 0 Å². The second-order valence-electron chi connectivity index (χ2n) is 6.09. The molecule has 0 radical (unpaired) electrons. The van der Waals surface area contributed by atoms with Crippen molar-refractivity contribution >= 4 is 21.8 Å². The van der Waals surface area contributed by atoms with Crippen molar-refractivity contribution in [1.82, 2.24) is 10.2 Å². The Kier molecular flexibility index (Phi) is 4.86. The van der Waals surface area contributed by atoms with Crippen LogP contribution in [0.25, 0.3) is 0 Å². The van der Waals surface area contributed by atoms with E-state index >= 15 is 0 Å². The molecule has 1 fully saturated rings. The van der Waals surface area contributed by atoms with Gasteiger partial charge in [-0.1, -0.05) is 31.4 Å². The normalized spacial score (nSPS) is 22.6. The summed E-state index contributed by atoms with van der Waals surface area (Å²) < 4.78 is 26.9. The number of benzene rings is 1. The average molecular weight is 351 g/mol. The highest BCUT2D eigenvalue weighted by Gasteiger charge is 2.34. The van der Waals surface area contributed by atoms with Crippen LogP contribution in [0.3, 0.4) is 0 Å². The van der Waals surface area contributed by atoms with Gasteiger partial charge in [0, 0.05) is 5.56 Å². The van der Waals surface area contributed by atoms with Crippen molar-refractivity contribution in [2.45, 2.75) is 43.0 Å². The van der Waals surface area contributed by atoms with Gasteiger partial charge in [0.25, 0.3) is 15.9 Å². The van der Waals surface area contributed by atoms with Crippen molar-refractivity contribution in [3.8, 4) is 0 Å². The molecule has 1 saturated carbocycles. The average Bonchev–Trinajstić information content (AvgIpc) is 2.85. The molecule has 24 heavy (non-hydrogen) atoms. The number of amides is 1. The van der Waals surface area contributed by atoms with Gasteiger partial charge < -0.3 is 0 Å². The predicted octanol–water partition coefficient (Wildman–Crippen LogP) is 1.35. The number of hydrogen-bond acceptors (Lipinski definition) is 5. The molecule has 7 nitrogen and oxygen atoms in total. The first kappa shape index (κ1) is 16.9. The summed E-state index contributed by atoms with van der Waals surface area (Å²) in [5.74, 6) is -0.0356. The summed E-state index contributed by atoms with van der Waals surface area (Å²) in [5.41, 5.74) is 2.84. The van der Waals surface area contributed by atoms with Crippen LogP contribution in [-0.4, -0.2) is 33.3 Å². The van der Waals surface area contributed by atoms with Crippen LogP contribution >= 0.6 is 0 Å². The monoisotopic (exact) mass is 351 g/mol. The first-order valence-electron chi connectivity index (χ1n) is 8.06. The summed E-state index contributed by atoms with van der Waals surface area (Å²) in [4.78, 5) is 21.8. The third-order valence-corrected chi connectivity index (χ3v) is 5.90. The van der Waals surface area contributed by atoms with Gasteiger partial charge in [0.2, 0.25) is 0 Å². The van der Waals surface area contributed by atoms with Crippen LogP contribution < -0.4 is 10.2 Å². The highest BCUT2D eigenvalue weighted by Crippen LogP contribution is 2.30. The van der Waals surface area contributed by atoms with E-state index in [1.165, 1.54) is 13.2 Å². The van der Waals surface area contributed by atoms with E-state index in [9.17, 15) is 13.2 Å². The topological polar surface area (TPSA) is 96.9 Å². The first-order chi connectivity index (χ1) is 11.5. The Bertz CT molecular complexity index is 754. The number of carbonyl (C=O) groups is 1. The molecule has 1 aromatic rings. The molecule has 0 saturated heterocycles. The zero-order chi connectivity index (χ0) is 17.2. The summed E-state index contributed by atoms with van der Waals surface area (Å²) in [7, 11) is -2.24. The van der Waals surface area contributed by atoms with Gasteiger partial charge in [0.15, 0.2) is 0 Å². The van der Waals surface area contributed by atoms with E-state index in [2.05, 4.69) is 15.2 Å². The Balaban J connectivity index is 1.97. The molecule has 130 valence electrons. The maximum Gasteiger partial charge on any atom is 0.268 e. The molecular weight excluding hydrogens is 330 g/mol. The van der Waals surface area contributed by atoms with E-state index in [0.29, 0.717) is 5.56 Å². The summed E-state index contributed by atoms with van der Waals surface area (Å²) in [6, 6.07) is 5.97. The number of nitrogens with one attached hydrogen (secondary N) is 2. The molecule has 0 aromatic heterocycles. The summed E-state index contributed by atoms with van der Waals surface area (Å²) >= 11 is 0. The minimum absolute atomic E-state index is 0.0821. The number of sulfonamides is 1. The van der Waals surface area contributed by atoms with Crippen molar-refractivity contribution in [2.75, 3.05) is 7.11 Å². The summed E-state index contributed by atoms with van der Waals surface area (Å²) in [5, 5.41) is 0. The van der Waals surface area contributed by atoms with Crippen LogP contribution in [0.4, 0.5) is 0 Å². The summed E-state index contributed by atoms with van der Waals surface area (Å²) in [6.45, 7) is 0. The minimum atomic E-state index is -3.61. The van der Waals surface area contributed by atoms with Crippen LogP contribution in [0.2, 0.25) is 0 Å². The van der Waals surface area contributed by atoms with Crippen molar-refractivity contribution in [3.63, 3.8) is 0 Å². The van der Waals surface area contributed by atoms with E-state index < -0.39 is 16.1 Å². The van der Waals surface area contributed by atoms with Crippen LogP contribution in [-0.2, 0) is 19.7 Å². The molecule has 1 heterocycles. The number of aliphatic imine (C=N–C) groups is 1. The highest BCUT2D eigenvalue weighted by atomic mass is 32.2. The number of amidine groups is 1. The molecular formula is C16H21N3O4S. The second kappa shape index (κ2) is 6.90. The van der Waals surface area contributed by atoms with Gasteiger partial charge >= 0.3 is 0 Å². The zero-order valence-corrected chi connectivity index (χ0v) is 14.3. The predicted molar refractivity (Wildman–Crippen MR) is 88.8 cm³/mol. The minimum Gasteiger partial charge on any atom is -0.277 e. The maximum absolute atomic E-state index is 12.4. The van der Waals surface area contributed by atoms with Gasteiger partial charge in [-0.25, -0.2) is 13.9 Å². The number of nitrogens with zero attached hydrogens (tertiary/aromatic N) is 1. The largest absolute Gasteiger partial charge is 0.277 e. The van der Waals surface area contributed by atoms with Crippen LogP contribution in [0.5, 0.6) is 0 Å². The molecule has 0 spiro atoms. The highest BCUT2D eigenvalue weighted by molar-refractivity contribution is 7.90. The fourth-order valence-electron chi connectivity index (χ4n) is 3.36. The van der Waals surface area contributed by atoms with Crippen molar-refractivity contribution < 1.29 is 18.0 Å². The quantitative estimate of drug-likeness (QED) is 0.800. The smallest absolute Gasteiger partial charge is 0.268 e. The number of rotatable bonds is 4. The zero-order valence-electron chi connectivity index (χ0n) is 13.5. The SMILES string of the molecule is CONC(=O)[C@H](N=C1NS(=O)(=O)c2ccccc21)C1CCCCC1. The van der Waals surface area contributed by atoms with Gasteiger partial charge in [0.1, 0.15) is 11.9 Å². The number of hydroxylamine groups is 1. The lowest BCUT2D eigenvalue weighted by Crippen LogP contribution is -2.40. The third-order valence-electron chi connectivity index (χ3n) is 4.50. The third kappa shape index (κ3) is 3.29. The molecule has 3 rings (SSSR count). The Hall–Kier alpha value is -1.93. The van der Waals surface area contributed by atoms with E-state index in [1.807, 2.05) is 0 Å². The van der Waals surface area contributed by atoms with Crippen molar-refractivity contribution in [3.05, 3.63) is 29.8 Å². The van der Waals surface area contributed by atoms with Gasteiger partial charge in [-0.05, 0) is 30.9 Å². The number of fused-ring (bicyclic) bond motifs is 1. The van der Waals surface area contributed by atoms with Crippen LogP contribution in [0, 0.1) is 5.92 Å². The molecule has 0 bridgehead atoms. The van der Waals surface area contributed by atoms with E-state index in [0.717, 1.165) is 32.1 Å². The fourth-order valence-corrected chi connectivity index (χ4v) is 4.60. The van der Waals surface area contributed by atoms with Crippen molar-refractivity contribution in [2.24, 2.45) is 10.9 Å². The molecule has 2 aliphatic rings. The van der Waals surface area contributed by atoms with E-state index in [-0.39, 0.29) is 22.6 Å². The lowest BCUT2D eigenvalue weighted by Gasteiger charge is -2.26. The number of carbonyl (C=O) groups excluding carboxylic acids is 1. The maximum atomic E-state index is 12.4. The molecule has 1 aromatic carbocycles. The number of hydrogen-bond donors (Lipinski definition) is 2. The Morgan fingerprint density at radius 3 is 2.71 bits per heavy atom. The van der Waals surface area contributed by atoms with Gasteiger partial charge in [0.05, 0.1) is 12.0 Å². The Morgan fingerprint density at radius 2 is 2.00 bits per heavy atom. The molecule has 1 aliphatic carbocycles. The second-order valence-corrected chi connectivity index (χ2v) is 7.74. The fraction of sp³-hybridized carbons (Fsp3) is 0.500. The first-order valence-corrected chi connectivity index (χ1v) is 9.54. The lowest BCUT2D eigenvalue weighted by molar-refractivity contribution is -0.134. The molecule has 1 amide bonds. The van der Waals surface area contributed by atoms with Gasteiger partial charge in [-0.3, -0.25) is 19.3 Å². The van der Waals surface area contributed by atoms with Crippen LogP contribution in [0.1, 0.15) is 37.7 Å². The standard InChI is InChI=1S/C16H21N3O4S/c1-23-18-16(20)14(11-7-3-2-4-8-11)17-15-12-9-5-6-10-13(12)24(21,22)19-15/h5-6,9-11,14H,2-4,7-8H2,1H3,(H,17,19)(H,18,20)/t14-/m1/s1. The molecule has 1 atom stereocenters.